The van der Waals surface area contributed by atoms with E-state index in [0.29, 0.717) is 18.1 Å². The monoisotopic (exact) mass is 304 g/mol. The van der Waals surface area contributed by atoms with Gasteiger partial charge in [0.1, 0.15) is 5.75 Å². The molecule has 0 aliphatic carbocycles. The normalized spacial score (nSPS) is 10.4. The fraction of sp³-hybridized carbons (Fsp3) is 0.188. The lowest BCUT2D eigenvalue weighted by Gasteiger charge is -2.08. The molecule has 2 aromatic carbocycles. The van der Waals surface area contributed by atoms with E-state index in [9.17, 15) is 9.90 Å². The van der Waals surface area contributed by atoms with Crippen molar-refractivity contribution >= 4 is 17.5 Å². The van der Waals surface area contributed by atoms with E-state index >= 15 is 0 Å². The first-order chi connectivity index (χ1) is 10.1. The number of amides is 1. The molecule has 0 aromatic heterocycles. The molecule has 2 aromatic rings. The van der Waals surface area contributed by atoms with Crippen LogP contribution in [0, 0.1) is 0 Å². The highest BCUT2D eigenvalue weighted by molar-refractivity contribution is 6.33. The highest BCUT2D eigenvalue weighted by Gasteiger charge is 2.10. The van der Waals surface area contributed by atoms with Crippen LogP contribution in [0.4, 0.5) is 0 Å². The van der Waals surface area contributed by atoms with Crippen molar-refractivity contribution in [3.8, 4) is 5.75 Å². The molecule has 0 unspecified atom stereocenters. The van der Waals surface area contributed by atoms with Crippen molar-refractivity contribution in [2.75, 3.05) is 6.54 Å². The van der Waals surface area contributed by atoms with E-state index in [0.717, 1.165) is 12.0 Å². The quantitative estimate of drug-likeness (QED) is 0.794. The Labute approximate surface area is 128 Å². The van der Waals surface area contributed by atoms with Gasteiger partial charge in [0.05, 0.1) is 10.6 Å². The summed E-state index contributed by atoms with van der Waals surface area (Å²) in [5.74, 6) is -0.308. The van der Waals surface area contributed by atoms with Gasteiger partial charge >= 0.3 is 0 Å². The fourth-order valence-corrected chi connectivity index (χ4v) is 2.16. The Hall–Kier alpha value is -2.04. The number of phenolic OH excluding ortho intramolecular Hbond substituents is 1. The van der Waals surface area contributed by atoms with E-state index in [2.05, 4.69) is 5.32 Å². The van der Waals surface area contributed by atoms with Crippen LogP contribution in [0.3, 0.4) is 0 Å². The summed E-state index contributed by atoms with van der Waals surface area (Å²) in [5, 5.41) is 12.5. The number of hydrogen-bond acceptors (Lipinski definition) is 3. The van der Waals surface area contributed by atoms with Crippen LogP contribution in [0.5, 0.6) is 5.75 Å². The zero-order valence-corrected chi connectivity index (χ0v) is 12.2. The maximum Gasteiger partial charge on any atom is 0.253 e. The smallest absolute Gasteiger partial charge is 0.253 e. The average Bonchev–Trinajstić information content (AvgIpc) is 2.49. The molecule has 0 aliphatic heterocycles. The summed E-state index contributed by atoms with van der Waals surface area (Å²) in [4.78, 5) is 12.0. The lowest BCUT2D eigenvalue weighted by Crippen LogP contribution is -2.23. The van der Waals surface area contributed by atoms with Crippen LogP contribution in [0.1, 0.15) is 21.5 Å². The van der Waals surface area contributed by atoms with Gasteiger partial charge in [0, 0.05) is 6.54 Å². The standard InChI is InChI=1S/C16H17ClN2O2/c17-15-6-5-13(20)9-14(15)16(21)19-10-12-3-1-11(2-4-12)7-8-18/h1-6,9,20H,7-8,10,18H2,(H,19,21). The first-order valence-corrected chi connectivity index (χ1v) is 7.02. The van der Waals surface area contributed by atoms with Crippen LogP contribution in [-0.2, 0) is 13.0 Å². The van der Waals surface area contributed by atoms with Crippen LogP contribution in [0.25, 0.3) is 0 Å². The van der Waals surface area contributed by atoms with E-state index in [4.69, 9.17) is 17.3 Å². The van der Waals surface area contributed by atoms with Gasteiger partial charge < -0.3 is 16.2 Å². The van der Waals surface area contributed by atoms with Crippen molar-refractivity contribution in [3.05, 3.63) is 64.2 Å². The van der Waals surface area contributed by atoms with E-state index in [1.54, 1.807) is 0 Å². The molecule has 21 heavy (non-hydrogen) atoms. The molecular formula is C16H17ClN2O2. The zero-order chi connectivity index (χ0) is 15.2. The number of halogens is 1. The molecule has 0 spiro atoms. The second-order valence-corrected chi connectivity index (χ2v) is 5.11. The van der Waals surface area contributed by atoms with Crippen molar-refractivity contribution in [3.63, 3.8) is 0 Å². The van der Waals surface area contributed by atoms with Gasteiger partial charge in [-0.25, -0.2) is 0 Å². The Morgan fingerprint density at radius 2 is 1.81 bits per heavy atom. The number of phenols is 1. The highest BCUT2D eigenvalue weighted by atomic mass is 35.5. The number of nitrogens with one attached hydrogen (secondary N) is 1. The molecule has 0 aliphatic rings. The molecule has 0 atom stereocenters. The Morgan fingerprint density at radius 1 is 1.14 bits per heavy atom. The number of rotatable bonds is 5. The summed E-state index contributed by atoms with van der Waals surface area (Å²) in [7, 11) is 0. The molecule has 1 amide bonds. The van der Waals surface area contributed by atoms with Crippen molar-refractivity contribution in [2.24, 2.45) is 5.73 Å². The molecule has 0 radical (unpaired) electrons. The first-order valence-electron chi connectivity index (χ1n) is 6.65. The summed E-state index contributed by atoms with van der Waals surface area (Å²) in [6.45, 7) is 1.01. The summed E-state index contributed by atoms with van der Waals surface area (Å²) in [5.41, 5.74) is 7.91. The summed E-state index contributed by atoms with van der Waals surface area (Å²) in [6.07, 6.45) is 0.839. The van der Waals surface area contributed by atoms with Gasteiger partial charge in [0.2, 0.25) is 0 Å². The maximum absolute atomic E-state index is 12.0. The highest BCUT2D eigenvalue weighted by Crippen LogP contribution is 2.21. The van der Waals surface area contributed by atoms with Gasteiger partial charge in [0.15, 0.2) is 0 Å². The molecule has 0 saturated heterocycles. The maximum atomic E-state index is 12.0. The topological polar surface area (TPSA) is 75.3 Å². The van der Waals surface area contributed by atoms with Gasteiger partial charge in [-0.05, 0) is 42.3 Å². The molecule has 0 saturated carbocycles. The average molecular weight is 305 g/mol. The lowest BCUT2D eigenvalue weighted by molar-refractivity contribution is 0.0950. The molecular weight excluding hydrogens is 288 g/mol. The van der Waals surface area contributed by atoms with Gasteiger partial charge in [-0.1, -0.05) is 35.9 Å². The largest absolute Gasteiger partial charge is 0.508 e. The molecule has 4 N–H and O–H groups in total. The molecule has 0 fully saturated rings. The first kappa shape index (κ1) is 15.4. The van der Waals surface area contributed by atoms with Crippen molar-refractivity contribution in [1.82, 2.24) is 5.32 Å². The summed E-state index contributed by atoms with van der Waals surface area (Å²) < 4.78 is 0. The number of aromatic hydroxyl groups is 1. The van der Waals surface area contributed by atoms with Crippen LogP contribution < -0.4 is 11.1 Å². The van der Waals surface area contributed by atoms with Crippen LogP contribution in [0.15, 0.2) is 42.5 Å². The Balaban J connectivity index is 1.99. The third-order valence-corrected chi connectivity index (χ3v) is 3.43. The SMILES string of the molecule is NCCc1ccc(CNC(=O)c2cc(O)ccc2Cl)cc1. The minimum Gasteiger partial charge on any atom is -0.508 e. The second kappa shape index (κ2) is 7.11. The number of benzene rings is 2. The van der Waals surface area contributed by atoms with E-state index < -0.39 is 0 Å². The molecule has 5 heteroatoms. The second-order valence-electron chi connectivity index (χ2n) is 4.70. The number of carbonyl (C=O) groups is 1. The van der Waals surface area contributed by atoms with Gasteiger partial charge in [-0.3, -0.25) is 4.79 Å². The molecule has 0 bridgehead atoms. The van der Waals surface area contributed by atoms with Crippen LogP contribution in [-0.4, -0.2) is 17.6 Å². The summed E-state index contributed by atoms with van der Waals surface area (Å²) in [6, 6.07) is 12.2. The Morgan fingerprint density at radius 3 is 2.48 bits per heavy atom. The minimum atomic E-state index is -0.318. The number of carbonyl (C=O) groups excluding carboxylic acids is 1. The van der Waals surface area contributed by atoms with E-state index in [1.807, 2.05) is 24.3 Å². The fourth-order valence-electron chi connectivity index (χ4n) is 1.96. The van der Waals surface area contributed by atoms with Gasteiger partial charge in [-0.2, -0.15) is 0 Å². The number of nitrogens with two attached hydrogens (primary N) is 1. The predicted molar refractivity (Wildman–Crippen MR) is 83.5 cm³/mol. The predicted octanol–water partition coefficient (Wildman–Crippen LogP) is 2.48. The minimum absolute atomic E-state index is 0.00990. The van der Waals surface area contributed by atoms with E-state index in [-0.39, 0.29) is 17.2 Å². The Bertz CT molecular complexity index is 627. The third kappa shape index (κ3) is 4.21. The lowest BCUT2D eigenvalue weighted by atomic mass is 10.1. The van der Waals surface area contributed by atoms with Crippen molar-refractivity contribution < 1.29 is 9.90 Å². The molecule has 2 rings (SSSR count). The van der Waals surface area contributed by atoms with Crippen molar-refractivity contribution in [2.45, 2.75) is 13.0 Å². The molecule has 110 valence electrons. The van der Waals surface area contributed by atoms with E-state index in [1.165, 1.54) is 23.8 Å². The van der Waals surface area contributed by atoms with Gasteiger partial charge in [0.25, 0.3) is 5.91 Å². The van der Waals surface area contributed by atoms with Crippen LogP contribution in [0.2, 0.25) is 5.02 Å². The summed E-state index contributed by atoms with van der Waals surface area (Å²) >= 11 is 5.94. The molecule has 4 nitrogen and oxygen atoms in total. The van der Waals surface area contributed by atoms with Crippen LogP contribution >= 0.6 is 11.6 Å². The molecule has 0 heterocycles. The zero-order valence-electron chi connectivity index (χ0n) is 11.5. The Kier molecular flexibility index (Phi) is 5.20. The number of hydrogen-bond donors (Lipinski definition) is 3. The van der Waals surface area contributed by atoms with Gasteiger partial charge in [-0.15, -0.1) is 0 Å². The third-order valence-electron chi connectivity index (χ3n) is 3.10. The van der Waals surface area contributed by atoms with Crippen molar-refractivity contribution in [1.29, 1.82) is 0 Å².